The zero-order chi connectivity index (χ0) is 56.1. The second-order valence-electron chi connectivity index (χ2n) is 14.6. The van der Waals surface area contributed by atoms with Gasteiger partial charge in [0.05, 0.1) is 47.3 Å². The molecule has 0 saturated heterocycles. The molecule has 1 aliphatic heterocycles. The van der Waals surface area contributed by atoms with Crippen LogP contribution in [0.5, 0.6) is 0 Å². The normalized spacial score (nSPS) is 10.0. The summed E-state index contributed by atoms with van der Waals surface area (Å²) in [6.07, 6.45) is 10.7. The van der Waals surface area contributed by atoms with E-state index < -0.39 is 5.95 Å². The number of benzene rings is 4. The quantitative estimate of drug-likeness (QED) is 0.0577. The number of hydrogen-bond acceptors (Lipinski definition) is 18. The molecule has 0 bridgehead atoms. The van der Waals surface area contributed by atoms with Gasteiger partial charge in [0.2, 0.25) is 0 Å². The Labute approximate surface area is 460 Å². The van der Waals surface area contributed by atoms with E-state index in [1.807, 2.05) is 48.5 Å². The van der Waals surface area contributed by atoms with Crippen LogP contribution in [0.3, 0.4) is 0 Å². The molecule has 7 heterocycles. The largest absolute Gasteiger partial charge is 2.00 e. The molecule has 6 N–H and O–H groups in total. The third kappa shape index (κ3) is 21.3. The van der Waals surface area contributed by atoms with Gasteiger partial charge in [-0.1, -0.05) is 72.8 Å². The number of aromatic nitrogens is 6. The van der Waals surface area contributed by atoms with Crippen LogP contribution in [-0.2, 0) is 29.3 Å². The van der Waals surface area contributed by atoms with Gasteiger partial charge in [0.15, 0.2) is 5.82 Å². The molecule has 0 amide bonds. The summed E-state index contributed by atoms with van der Waals surface area (Å²) in [5.41, 5.74) is 5.48. The van der Waals surface area contributed by atoms with Crippen molar-refractivity contribution in [3.63, 3.8) is 0 Å². The number of aliphatic hydroxyl groups is 6. The van der Waals surface area contributed by atoms with E-state index in [1.165, 1.54) is 26.4 Å². The molecule has 10 aromatic rings. The van der Waals surface area contributed by atoms with E-state index in [-0.39, 0.29) is 64.3 Å². The van der Waals surface area contributed by atoms with Gasteiger partial charge in [-0.3, -0.25) is 29.9 Å². The molecule has 0 aliphatic carbocycles. The fourth-order valence-corrected chi connectivity index (χ4v) is 6.53. The Morgan fingerprint density at radius 3 is 0.870 bits per heavy atom. The maximum absolute atomic E-state index is 10.9. The Morgan fingerprint density at radius 2 is 0.623 bits per heavy atom. The average molecular weight is 1140 g/mol. The number of nitrogens with zero attached hydrogens (tertiary/aromatic N) is 8. The van der Waals surface area contributed by atoms with Gasteiger partial charge in [-0.05, 0) is 95.3 Å². The number of hydrogen-bond donors (Lipinski definition) is 6. The zero-order valence-corrected chi connectivity index (χ0v) is 46.2. The van der Waals surface area contributed by atoms with Gasteiger partial charge < -0.3 is 40.9 Å². The number of rotatable bonds is 1. The molecule has 77 heavy (non-hydrogen) atoms. The molecule has 0 saturated carbocycles. The minimum Gasteiger partial charge on any atom is -0.884 e. The van der Waals surface area contributed by atoms with Crippen molar-refractivity contribution in [1.82, 2.24) is 29.9 Å². The molecule has 0 spiro atoms. The van der Waals surface area contributed by atoms with Crippen molar-refractivity contribution >= 4 is 77.2 Å². The van der Waals surface area contributed by atoms with E-state index in [0.717, 1.165) is 81.4 Å². The summed E-state index contributed by atoms with van der Waals surface area (Å²) in [5, 5.41) is 76.0. The van der Waals surface area contributed by atoms with Crippen molar-refractivity contribution in [1.29, 1.82) is 0 Å². The summed E-state index contributed by atoms with van der Waals surface area (Å²) in [6, 6.07) is 38.3. The minimum absolute atomic E-state index is 0. The van der Waals surface area contributed by atoms with Gasteiger partial charge >= 0.3 is 19.5 Å². The average Bonchev–Trinajstić information content (AvgIpc) is 3.91. The smallest absolute Gasteiger partial charge is 0.884 e. The molecule has 1 aliphatic rings. The number of fused-ring (bicyclic) bond motifs is 12. The van der Waals surface area contributed by atoms with Gasteiger partial charge in [-0.25, -0.2) is 19.8 Å². The monoisotopic (exact) mass is 1140 g/mol. The third-order valence-electron chi connectivity index (χ3n) is 9.24. The van der Waals surface area contributed by atoms with E-state index in [0.29, 0.717) is 5.82 Å². The molecule has 408 valence electrons. The molecular formula is C58H68N8O10Ru. The maximum Gasteiger partial charge on any atom is 2.00 e. The summed E-state index contributed by atoms with van der Waals surface area (Å²) >= 11 is 0. The van der Waals surface area contributed by atoms with Crippen LogP contribution < -0.4 is 31.4 Å². The summed E-state index contributed by atoms with van der Waals surface area (Å²) in [6.45, 7) is 11.6. The number of pyridine rings is 6. The Hall–Kier alpha value is -7.42. The first kappa shape index (κ1) is 67.6. The first-order chi connectivity index (χ1) is 37.0. The van der Waals surface area contributed by atoms with Gasteiger partial charge in [-0.2, -0.15) is 5.95 Å². The van der Waals surface area contributed by atoms with Crippen molar-refractivity contribution in [3.8, 4) is 0 Å². The van der Waals surface area contributed by atoms with Crippen molar-refractivity contribution in [2.24, 2.45) is 9.98 Å². The van der Waals surface area contributed by atoms with Crippen LogP contribution in [0.15, 0.2) is 168 Å². The molecule has 0 atom stereocenters. The van der Waals surface area contributed by atoms with Crippen molar-refractivity contribution in [3.05, 3.63) is 180 Å². The van der Waals surface area contributed by atoms with Crippen LogP contribution in [0.25, 0.3) is 77.2 Å². The van der Waals surface area contributed by atoms with Crippen LogP contribution >= 0.6 is 0 Å². The predicted octanol–water partition coefficient (Wildman–Crippen LogP) is 4.34. The van der Waals surface area contributed by atoms with Crippen LogP contribution in [0, 0.1) is 0 Å². The third-order valence-corrected chi connectivity index (χ3v) is 9.24. The second-order valence-corrected chi connectivity index (χ2v) is 14.6. The molecule has 11 rings (SSSR count). The standard InChI is InChI=1S/C20H12N4O2.2C12H8N2.C2H6O2.6C2H6O.Ru/c25-20(26)12-7-5-11(6-8-12)19-23-17-13-3-1-9-21-15(13)16-14(18(17)24-19)4-2-10-22-16;2*1-3-9-5-6-10-4-2-8-14-12(10)11(9)13-7-1;1-3-4-2;6*1-2-3;/h1-10,25-26H;2*1-8H;1-2H3;6*3H,2H2,1H3;/q;;;;;;;;;;+2/p-2. The fourth-order valence-electron chi connectivity index (χ4n) is 6.53. The van der Waals surface area contributed by atoms with Gasteiger partial charge in [0, 0.05) is 114 Å². The van der Waals surface area contributed by atoms with Crippen LogP contribution in [-0.4, -0.2) is 114 Å². The van der Waals surface area contributed by atoms with E-state index in [2.05, 4.69) is 88.2 Å². The van der Waals surface area contributed by atoms with Crippen molar-refractivity contribution in [2.45, 2.75) is 41.5 Å². The SMILES string of the molecule is CCO.CCO.CCO.CCO.CCO.CCO.COOC.[O-]C([O-])=c1ccc(=C2N=c3c(c4cccnc4c4ncccc34)=N2)cc1.[Ru+2].c1cnc2c(c1)ccc1cccnc12.c1cnc2c(c1)ccc1cccnc12. The Bertz CT molecular complexity index is 3180. The van der Waals surface area contributed by atoms with Gasteiger partial charge in [0.25, 0.3) is 0 Å². The fraction of sp³-hybridized carbons (Fsp3) is 0.241. The maximum atomic E-state index is 10.9. The van der Waals surface area contributed by atoms with Crippen molar-refractivity contribution in [2.75, 3.05) is 53.9 Å². The van der Waals surface area contributed by atoms with Gasteiger partial charge in [0.1, 0.15) is 10.7 Å². The molecule has 0 radical (unpaired) electrons. The summed E-state index contributed by atoms with van der Waals surface area (Å²) < 4.78 is 0. The molecular weight excluding hydrogens is 1070 g/mol. The summed E-state index contributed by atoms with van der Waals surface area (Å²) in [5.74, 6) is -0.675. The van der Waals surface area contributed by atoms with E-state index in [4.69, 9.17) is 40.6 Å². The molecule has 0 fully saturated rings. The molecule has 6 aromatic heterocycles. The first-order valence-electron chi connectivity index (χ1n) is 24.2. The Balaban J connectivity index is 0.000000500. The zero-order valence-electron chi connectivity index (χ0n) is 44.5. The summed E-state index contributed by atoms with van der Waals surface area (Å²) in [7, 11) is 2.92. The predicted molar refractivity (Wildman–Crippen MR) is 297 cm³/mol. The Morgan fingerprint density at radius 1 is 0.377 bits per heavy atom. The van der Waals surface area contributed by atoms with Crippen LogP contribution in [0.2, 0.25) is 0 Å². The van der Waals surface area contributed by atoms with E-state index in [1.54, 1.807) is 90.9 Å². The topological polar surface area (TPSA) is 288 Å². The molecule has 0 unspecified atom stereocenters. The molecule has 18 nitrogen and oxygen atoms in total. The van der Waals surface area contributed by atoms with Crippen LogP contribution in [0.4, 0.5) is 0 Å². The van der Waals surface area contributed by atoms with E-state index >= 15 is 0 Å². The van der Waals surface area contributed by atoms with Gasteiger partial charge in [-0.15, -0.1) is 0 Å². The van der Waals surface area contributed by atoms with Crippen LogP contribution in [0.1, 0.15) is 41.5 Å². The summed E-state index contributed by atoms with van der Waals surface area (Å²) in [4.78, 5) is 43.8. The Kier molecular flexibility index (Phi) is 35.0. The van der Waals surface area contributed by atoms with Crippen molar-refractivity contribution < 1.29 is 70.1 Å². The number of aliphatic hydroxyl groups excluding tert-OH is 6. The second kappa shape index (κ2) is 39.9. The molecule has 19 heteroatoms. The minimum atomic E-state index is -1.21. The van der Waals surface area contributed by atoms with E-state index in [9.17, 15) is 10.2 Å². The molecule has 4 aromatic carbocycles. The first-order valence-corrected chi connectivity index (χ1v) is 24.2.